The van der Waals surface area contributed by atoms with Crippen molar-refractivity contribution in [1.29, 1.82) is 0 Å². The van der Waals surface area contributed by atoms with Gasteiger partial charge in [-0.05, 0) is 25.0 Å². The van der Waals surface area contributed by atoms with Crippen LogP contribution >= 0.6 is 0 Å². The summed E-state index contributed by atoms with van der Waals surface area (Å²) in [4.78, 5) is 11.6. The maximum absolute atomic E-state index is 11.6. The van der Waals surface area contributed by atoms with Gasteiger partial charge in [-0.2, -0.15) is 0 Å². The van der Waals surface area contributed by atoms with Crippen LogP contribution in [0.4, 0.5) is 0 Å². The van der Waals surface area contributed by atoms with Gasteiger partial charge in [0.25, 0.3) is 0 Å². The predicted molar refractivity (Wildman–Crippen MR) is 81.1 cm³/mol. The van der Waals surface area contributed by atoms with Crippen molar-refractivity contribution in [2.24, 2.45) is 0 Å². The summed E-state index contributed by atoms with van der Waals surface area (Å²) in [5, 5.41) is 0. The third-order valence-corrected chi connectivity index (χ3v) is 3.67. The van der Waals surface area contributed by atoms with Gasteiger partial charge in [0.2, 0.25) is 0 Å². The van der Waals surface area contributed by atoms with Crippen LogP contribution in [0.5, 0.6) is 5.75 Å². The lowest BCUT2D eigenvalue weighted by molar-refractivity contribution is -0.143. The molecule has 0 N–H and O–H groups in total. The highest BCUT2D eigenvalue weighted by Crippen LogP contribution is 2.43. The second-order valence-electron chi connectivity index (χ2n) is 5.03. The van der Waals surface area contributed by atoms with Gasteiger partial charge in [-0.25, -0.2) is 0 Å². The van der Waals surface area contributed by atoms with Crippen molar-refractivity contribution in [3.63, 3.8) is 0 Å². The van der Waals surface area contributed by atoms with Crippen molar-refractivity contribution >= 4 is 5.97 Å². The number of esters is 1. The topological polar surface area (TPSA) is 35.5 Å². The molecule has 0 amide bonds. The van der Waals surface area contributed by atoms with E-state index in [1.807, 2.05) is 37.3 Å². The molecule has 0 saturated carbocycles. The van der Waals surface area contributed by atoms with Crippen molar-refractivity contribution < 1.29 is 14.3 Å². The molecule has 0 aromatic heterocycles. The number of carbonyl (C=O) groups is 1. The Morgan fingerprint density at radius 2 is 1.81 bits per heavy atom. The van der Waals surface area contributed by atoms with Crippen LogP contribution in [0.1, 0.15) is 31.4 Å². The number of para-hydroxylation sites is 1. The van der Waals surface area contributed by atoms with E-state index in [4.69, 9.17) is 9.47 Å². The van der Waals surface area contributed by atoms with Crippen LogP contribution in [0.25, 0.3) is 11.1 Å². The minimum absolute atomic E-state index is 0.0968. The number of fused-ring (bicyclic) bond motifs is 3. The van der Waals surface area contributed by atoms with E-state index in [1.54, 1.807) is 0 Å². The molecule has 2 aromatic carbocycles. The van der Waals surface area contributed by atoms with Crippen LogP contribution in [0.3, 0.4) is 0 Å². The molecule has 21 heavy (non-hydrogen) atoms. The van der Waals surface area contributed by atoms with Gasteiger partial charge >= 0.3 is 5.97 Å². The van der Waals surface area contributed by atoms with Gasteiger partial charge in [-0.1, -0.05) is 42.5 Å². The highest BCUT2D eigenvalue weighted by Gasteiger charge is 2.25. The van der Waals surface area contributed by atoms with Gasteiger partial charge in [0.15, 0.2) is 0 Å². The zero-order valence-corrected chi connectivity index (χ0v) is 12.0. The smallest absolute Gasteiger partial charge is 0.305 e. The molecular weight excluding hydrogens is 264 g/mol. The molecule has 3 rings (SSSR count). The van der Waals surface area contributed by atoms with Crippen LogP contribution in [-0.2, 0) is 9.53 Å². The molecule has 0 bridgehead atoms. The quantitative estimate of drug-likeness (QED) is 0.791. The Bertz CT molecular complexity index is 648. The highest BCUT2D eigenvalue weighted by atomic mass is 16.5. The minimum Gasteiger partial charge on any atom is -0.485 e. The minimum atomic E-state index is -0.169. The molecule has 0 spiro atoms. The second-order valence-corrected chi connectivity index (χ2v) is 5.03. The van der Waals surface area contributed by atoms with E-state index in [-0.39, 0.29) is 12.1 Å². The van der Waals surface area contributed by atoms with Gasteiger partial charge in [-0.15, -0.1) is 0 Å². The Kier molecular flexibility index (Phi) is 3.91. The van der Waals surface area contributed by atoms with E-state index in [0.29, 0.717) is 19.4 Å². The number of ether oxygens (including phenoxy) is 2. The normalized spacial score (nSPS) is 15.6. The molecule has 3 nitrogen and oxygen atoms in total. The largest absolute Gasteiger partial charge is 0.485 e. The first-order chi connectivity index (χ1) is 10.3. The van der Waals surface area contributed by atoms with Crippen LogP contribution in [0, 0.1) is 0 Å². The summed E-state index contributed by atoms with van der Waals surface area (Å²) in [5.41, 5.74) is 3.44. The van der Waals surface area contributed by atoms with Crippen molar-refractivity contribution in [3.05, 3.63) is 54.1 Å². The molecule has 0 fully saturated rings. The van der Waals surface area contributed by atoms with Crippen LogP contribution in [0.15, 0.2) is 48.5 Å². The number of benzene rings is 2. The molecule has 0 aliphatic carbocycles. The SMILES string of the molecule is CCOC(=O)CCC1Oc2ccccc2-c2ccccc21. The average Bonchev–Trinajstić information content (AvgIpc) is 2.53. The first-order valence-electron chi connectivity index (χ1n) is 7.30. The molecule has 1 atom stereocenters. The molecule has 1 aliphatic rings. The number of hydrogen-bond acceptors (Lipinski definition) is 3. The van der Waals surface area contributed by atoms with Crippen LogP contribution in [-0.4, -0.2) is 12.6 Å². The maximum atomic E-state index is 11.6. The molecule has 3 heteroatoms. The summed E-state index contributed by atoms with van der Waals surface area (Å²) in [6.45, 7) is 2.24. The summed E-state index contributed by atoms with van der Waals surface area (Å²) in [7, 11) is 0. The number of carbonyl (C=O) groups excluding carboxylic acids is 1. The Hall–Kier alpha value is -2.29. The average molecular weight is 282 g/mol. The molecule has 2 aromatic rings. The number of hydrogen-bond donors (Lipinski definition) is 0. The van der Waals surface area contributed by atoms with E-state index in [0.717, 1.165) is 16.9 Å². The fourth-order valence-corrected chi connectivity index (χ4v) is 2.73. The third kappa shape index (κ3) is 2.77. The first kappa shape index (κ1) is 13.7. The van der Waals surface area contributed by atoms with E-state index in [9.17, 15) is 4.79 Å². The van der Waals surface area contributed by atoms with Crippen LogP contribution < -0.4 is 4.74 Å². The van der Waals surface area contributed by atoms with Crippen molar-refractivity contribution in [2.75, 3.05) is 6.61 Å². The van der Waals surface area contributed by atoms with E-state index in [2.05, 4.69) is 18.2 Å². The fraction of sp³-hybridized carbons (Fsp3) is 0.278. The Labute approximate surface area is 124 Å². The molecule has 108 valence electrons. The van der Waals surface area contributed by atoms with Crippen molar-refractivity contribution in [2.45, 2.75) is 25.9 Å². The Balaban J connectivity index is 1.86. The molecule has 1 heterocycles. The van der Waals surface area contributed by atoms with Gasteiger partial charge in [-0.3, -0.25) is 4.79 Å². The standard InChI is InChI=1S/C18H18O3/c1-2-20-18(19)12-11-17-15-8-4-3-7-13(15)14-9-5-6-10-16(14)21-17/h3-10,17H,2,11-12H2,1H3. The third-order valence-electron chi connectivity index (χ3n) is 3.67. The fourth-order valence-electron chi connectivity index (χ4n) is 2.73. The number of rotatable bonds is 4. The van der Waals surface area contributed by atoms with Gasteiger partial charge in [0.05, 0.1) is 6.61 Å². The Morgan fingerprint density at radius 3 is 2.62 bits per heavy atom. The lowest BCUT2D eigenvalue weighted by Crippen LogP contribution is -2.16. The first-order valence-corrected chi connectivity index (χ1v) is 7.30. The monoisotopic (exact) mass is 282 g/mol. The predicted octanol–water partition coefficient (Wildman–Crippen LogP) is 4.13. The van der Waals surface area contributed by atoms with E-state index >= 15 is 0 Å². The highest BCUT2D eigenvalue weighted by molar-refractivity contribution is 5.76. The summed E-state index contributed by atoms with van der Waals surface area (Å²) < 4.78 is 11.1. The maximum Gasteiger partial charge on any atom is 0.305 e. The summed E-state index contributed by atoms with van der Waals surface area (Å²) in [5.74, 6) is 0.711. The molecular formula is C18H18O3. The van der Waals surface area contributed by atoms with Gasteiger partial charge < -0.3 is 9.47 Å². The lowest BCUT2D eigenvalue weighted by Gasteiger charge is -2.28. The Morgan fingerprint density at radius 1 is 1.10 bits per heavy atom. The lowest BCUT2D eigenvalue weighted by atomic mass is 9.91. The van der Waals surface area contributed by atoms with Gasteiger partial charge in [0.1, 0.15) is 11.9 Å². The van der Waals surface area contributed by atoms with Gasteiger partial charge in [0, 0.05) is 17.5 Å². The molecule has 1 unspecified atom stereocenters. The summed E-state index contributed by atoms with van der Waals surface area (Å²) in [6, 6.07) is 16.2. The summed E-state index contributed by atoms with van der Waals surface area (Å²) in [6.07, 6.45) is 0.902. The van der Waals surface area contributed by atoms with E-state index < -0.39 is 0 Å². The zero-order chi connectivity index (χ0) is 14.7. The summed E-state index contributed by atoms with van der Waals surface area (Å²) >= 11 is 0. The van der Waals surface area contributed by atoms with Crippen molar-refractivity contribution in [3.8, 4) is 16.9 Å². The zero-order valence-electron chi connectivity index (χ0n) is 12.0. The molecule has 0 radical (unpaired) electrons. The van der Waals surface area contributed by atoms with E-state index in [1.165, 1.54) is 5.56 Å². The second kappa shape index (κ2) is 6.00. The molecule has 1 aliphatic heterocycles. The van der Waals surface area contributed by atoms with Crippen LogP contribution in [0.2, 0.25) is 0 Å². The van der Waals surface area contributed by atoms with Crippen molar-refractivity contribution in [1.82, 2.24) is 0 Å². The molecule has 0 saturated heterocycles.